The van der Waals surface area contributed by atoms with Crippen molar-refractivity contribution in [3.8, 4) is 22.3 Å². The molecule has 34 heavy (non-hydrogen) atoms. The van der Waals surface area contributed by atoms with Gasteiger partial charge in [-0.25, -0.2) is 8.42 Å². The summed E-state index contributed by atoms with van der Waals surface area (Å²) in [6.07, 6.45) is -0.374. The molecule has 174 valence electrons. The van der Waals surface area contributed by atoms with Crippen LogP contribution in [0, 0.1) is 0 Å². The van der Waals surface area contributed by atoms with E-state index in [4.69, 9.17) is 10.7 Å². The summed E-state index contributed by atoms with van der Waals surface area (Å²) in [7, 11) is 1.57. The van der Waals surface area contributed by atoms with Gasteiger partial charge in [0.05, 0.1) is 17.7 Å². The summed E-state index contributed by atoms with van der Waals surface area (Å²) in [5, 5.41) is 0. The van der Waals surface area contributed by atoms with E-state index < -0.39 is 9.05 Å². The zero-order valence-electron chi connectivity index (χ0n) is 18.5. The lowest BCUT2D eigenvalue weighted by Gasteiger charge is -2.13. The smallest absolute Gasteiger partial charge is 0.261 e. The summed E-state index contributed by atoms with van der Waals surface area (Å²) in [4.78, 5) is 46.7. The Kier molecular flexibility index (Phi) is 7.59. The monoisotopic (exact) mass is 496 g/mol. The fraction of sp³-hybridized carbons (Fsp3) is 0.154. The summed E-state index contributed by atoms with van der Waals surface area (Å²) in [5.74, 6) is -1.04. The van der Waals surface area contributed by atoms with E-state index in [0.29, 0.717) is 33.4 Å². The standard InChI is InChI=1S/C26H21ClO6S/c1-16(28)13-25(30)20-7-3-18(4-8-20)23-12-11-22(34(27,32)33)15-24(23)19-5-9-21(10-6-19)26(31)14-17(2)29/h3-12,15H,13-14H2,1-2H3. The highest BCUT2D eigenvalue weighted by Gasteiger charge is 2.17. The molecule has 8 heteroatoms. The molecule has 0 spiro atoms. The van der Waals surface area contributed by atoms with Gasteiger partial charge in [0.15, 0.2) is 11.6 Å². The molecule has 3 aromatic carbocycles. The van der Waals surface area contributed by atoms with Crippen molar-refractivity contribution in [2.24, 2.45) is 0 Å². The zero-order chi connectivity index (χ0) is 25.0. The number of benzene rings is 3. The lowest BCUT2D eigenvalue weighted by Crippen LogP contribution is -2.04. The molecule has 3 aromatic rings. The SMILES string of the molecule is CC(=O)CC(=O)c1ccc(-c2ccc(S(=O)(=O)Cl)cc2-c2ccc(C(=O)CC(C)=O)cc2)cc1. The van der Waals surface area contributed by atoms with Gasteiger partial charge in [0.1, 0.15) is 11.6 Å². The van der Waals surface area contributed by atoms with Gasteiger partial charge in [-0.1, -0.05) is 54.6 Å². The van der Waals surface area contributed by atoms with Crippen molar-refractivity contribution in [1.29, 1.82) is 0 Å². The molecule has 0 aliphatic rings. The number of hydrogen-bond acceptors (Lipinski definition) is 6. The van der Waals surface area contributed by atoms with E-state index >= 15 is 0 Å². The van der Waals surface area contributed by atoms with Crippen molar-refractivity contribution < 1.29 is 27.6 Å². The van der Waals surface area contributed by atoms with Crippen LogP contribution in [0.2, 0.25) is 0 Å². The first-order chi connectivity index (χ1) is 16.0. The van der Waals surface area contributed by atoms with Gasteiger partial charge < -0.3 is 0 Å². The maximum absolute atomic E-state index is 12.2. The minimum Gasteiger partial charge on any atom is -0.300 e. The van der Waals surface area contributed by atoms with Crippen molar-refractivity contribution in [3.63, 3.8) is 0 Å². The van der Waals surface area contributed by atoms with E-state index in [2.05, 4.69) is 0 Å². The number of hydrogen-bond donors (Lipinski definition) is 0. The largest absolute Gasteiger partial charge is 0.300 e. The molecule has 0 atom stereocenters. The summed E-state index contributed by atoms with van der Waals surface area (Å²) in [5.41, 5.74) is 3.34. The molecular weight excluding hydrogens is 476 g/mol. The van der Waals surface area contributed by atoms with Crippen LogP contribution >= 0.6 is 10.7 Å². The molecule has 0 heterocycles. The molecule has 0 aromatic heterocycles. The quantitative estimate of drug-likeness (QED) is 0.227. The molecule has 0 unspecified atom stereocenters. The Morgan fingerprint density at radius 3 is 1.44 bits per heavy atom. The minimum atomic E-state index is -3.99. The molecule has 0 radical (unpaired) electrons. The van der Waals surface area contributed by atoms with Crippen LogP contribution in [-0.4, -0.2) is 31.6 Å². The molecule has 0 amide bonds. The van der Waals surface area contributed by atoms with Gasteiger partial charge in [0.25, 0.3) is 9.05 Å². The second kappa shape index (κ2) is 10.2. The number of ketones is 4. The Balaban J connectivity index is 2.06. The number of rotatable bonds is 9. The van der Waals surface area contributed by atoms with Crippen molar-refractivity contribution in [3.05, 3.63) is 77.9 Å². The molecule has 0 saturated carbocycles. The molecular formula is C26H21ClO6S. The van der Waals surface area contributed by atoms with Crippen molar-refractivity contribution in [2.75, 3.05) is 0 Å². The number of carbonyl (C=O) groups is 4. The first kappa shape index (κ1) is 25.2. The highest BCUT2D eigenvalue weighted by molar-refractivity contribution is 8.13. The number of carbonyl (C=O) groups excluding carboxylic acids is 4. The maximum Gasteiger partial charge on any atom is 0.261 e. The Morgan fingerprint density at radius 2 is 1.06 bits per heavy atom. The Morgan fingerprint density at radius 1 is 0.647 bits per heavy atom. The van der Waals surface area contributed by atoms with E-state index in [1.165, 1.54) is 26.0 Å². The van der Waals surface area contributed by atoms with Crippen LogP contribution in [0.25, 0.3) is 22.3 Å². The van der Waals surface area contributed by atoms with Crippen LogP contribution < -0.4 is 0 Å². The van der Waals surface area contributed by atoms with Crippen LogP contribution in [0.15, 0.2) is 71.6 Å². The Hall–Kier alpha value is -3.42. The average Bonchev–Trinajstić information content (AvgIpc) is 2.77. The maximum atomic E-state index is 12.2. The predicted octanol–water partition coefficient (Wildman–Crippen LogP) is 5.27. The fourth-order valence-corrected chi connectivity index (χ4v) is 4.27. The molecule has 3 rings (SSSR count). The van der Waals surface area contributed by atoms with E-state index in [9.17, 15) is 27.6 Å². The summed E-state index contributed by atoms with van der Waals surface area (Å²) in [6.45, 7) is 2.69. The van der Waals surface area contributed by atoms with E-state index in [1.807, 2.05) is 0 Å². The molecule has 0 saturated heterocycles. The Labute approximate surface area is 202 Å². The normalized spacial score (nSPS) is 11.1. The third-order valence-corrected chi connectivity index (χ3v) is 6.48. The first-order valence-electron chi connectivity index (χ1n) is 10.3. The van der Waals surface area contributed by atoms with Crippen LogP contribution in [0.5, 0.6) is 0 Å². The second-order valence-electron chi connectivity index (χ2n) is 7.90. The zero-order valence-corrected chi connectivity index (χ0v) is 20.1. The first-order valence-corrected chi connectivity index (χ1v) is 12.6. The minimum absolute atomic E-state index is 0.0853. The van der Waals surface area contributed by atoms with Gasteiger partial charge in [-0.2, -0.15) is 0 Å². The highest BCUT2D eigenvalue weighted by atomic mass is 35.7. The van der Waals surface area contributed by atoms with Crippen LogP contribution in [0.3, 0.4) is 0 Å². The molecule has 6 nitrogen and oxygen atoms in total. The van der Waals surface area contributed by atoms with Gasteiger partial charge in [-0.15, -0.1) is 0 Å². The lowest BCUT2D eigenvalue weighted by molar-refractivity contribution is -0.117. The van der Waals surface area contributed by atoms with Gasteiger partial charge in [0, 0.05) is 21.8 Å². The number of halogens is 1. The summed E-state index contributed by atoms with van der Waals surface area (Å²) >= 11 is 0. The molecule has 0 aliphatic heterocycles. The van der Waals surface area contributed by atoms with Gasteiger partial charge in [-0.3, -0.25) is 19.2 Å². The van der Waals surface area contributed by atoms with Crippen LogP contribution in [-0.2, 0) is 18.6 Å². The van der Waals surface area contributed by atoms with E-state index in [1.54, 1.807) is 54.6 Å². The van der Waals surface area contributed by atoms with Crippen molar-refractivity contribution >= 4 is 42.9 Å². The van der Waals surface area contributed by atoms with Crippen molar-refractivity contribution in [1.82, 2.24) is 0 Å². The Bertz CT molecular complexity index is 1390. The number of Topliss-reactive ketones (excluding diaryl/α,β-unsaturated/α-hetero) is 4. The molecule has 0 bridgehead atoms. The fourth-order valence-electron chi connectivity index (χ4n) is 3.49. The molecule has 0 N–H and O–H groups in total. The third-order valence-electron chi connectivity index (χ3n) is 5.13. The average molecular weight is 497 g/mol. The van der Waals surface area contributed by atoms with Gasteiger partial charge in [-0.05, 0) is 48.2 Å². The molecule has 0 fully saturated rings. The van der Waals surface area contributed by atoms with Gasteiger partial charge in [0.2, 0.25) is 0 Å². The van der Waals surface area contributed by atoms with Crippen LogP contribution in [0.1, 0.15) is 47.4 Å². The van der Waals surface area contributed by atoms with Crippen molar-refractivity contribution in [2.45, 2.75) is 31.6 Å². The van der Waals surface area contributed by atoms with E-state index in [-0.39, 0.29) is 40.9 Å². The summed E-state index contributed by atoms with van der Waals surface area (Å²) in [6, 6.07) is 17.6. The molecule has 0 aliphatic carbocycles. The lowest BCUT2D eigenvalue weighted by atomic mass is 9.92. The van der Waals surface area contributed by atoms with Crippen LogP contribution in [0.4, 0.5) is 0 Å². The highest BCUT2D eigenvalue weighted by Crippen LogP contribution is 2.35. The second-order valence-corrected chi connectivity index (χ2v) is 10.5. The predicted molar refractivity (Wildman–Crippen MR) is 130 cm³/mol. The van der Waals surface area contributed by atoms with E-state index in [0.717, 1.165) is 0 Å². The van der Waals surface area contributed by atoms with Gasteiger partial charge >= 0.3 is 0 Å². The summed E-state index contributed by atoms with van der Waals surface area (Å²) < 4.78 is 23.9. The third kappa shape index (κ3) is 6.12. The topological polar surface area (TPSA) is 102 Å².